The number of ether oxygens (including phenoxy) is 1. The van der Waals surface area contributed by atoms with Crippen molar-refractivity contribution in [2.75, 3.05) is 10.6 Å². The van der Waals surface area contributed by atoms with Crippen LogP contribution in [0.1, 0.15) is 31.9 Å². The third-order valence-electron chi connectivity index (χ3n) is 5.39. The van der Waals surface area contributed by atoms with Gasteiger partial charge in [-0.3, -0.25) is 4.79 Å². The van der Waals surface area contributed by atoms with E-state index in [1.165, 1.54) is 25.1 Å². The second kappa shape index (κ2) is 7.76. The van der Waals surface area contributed by atoms with E-state index >= 15 is 0 Å². The molecule has 0 saturated heterocycles. The van der Waals surface area contributed by atoms with Crippen LogP contribution in [-0.2, 0) is 14.3 Å². The molecule has 8 nitrogen and oxygen atoms in total. The lowest BCUT2D eigenvalue weighted by Gasteiger charge is -2.23. The number of aromatic nitrogens is 1. The normalized spacial score (nSPS) is 20.7. The number of carbonyl (C=O) groups is 2. The van der Waals surface area contributed by atoms with Crippen molar-refractivity contribution < 1.29 is 28.9 Å². The fourth-order valence-corrected chi connectivity index (χ4v) is 3.79. The number of fused-ring (bicyclic) bond motifs is 1. The van der Waals surface area contributed by atoms with Gasteiger partial charge in [-0.25, -0.2) is 14.2 Å². The number of carbonyl (C=O) groups excluding carboxylic acids is 1. The standard InChI is InChI=1S/C23H22FN3O5/c1-11(28)20(22(30)31)27-18-7-4-12(10-25-18)15-9-17(32-23(15,2)3)19-14-8-13(24)5-6-16(14)26-21(19)29/h4-11,20,28H,1-3H3,(H,25,27)(H,26,29)(H,30,31)/t11-,20+/m1/s1. The quantitative estimate of drug-likeness (QED) is 0.529. The van der Waals surface area contributed by atoms with Crippen LogP contribution < -0.4 is 10.6 Å². The SMILES string of the molecule is C[C@@H](O)[C@H](Nc1ccc(C2=CC(=C3C(=O)Nc4ccc(F)cc43)OC2(C)C)cn1)C(=O)O. The summed E-state index contributed by atoms with van der Waals surface area (Å²) in [6.45, 7) is 5.05. The van der Waals surface area contributed by atoms with Crippen molar-refractivity contribution in [3.8, 4) is 0 Å². The second-order valence-corrected chi connectivity index (χ2v) is 8.19. The zero-order chi connectivity index (χ0) is 23.2. The van der Waals surface area contributed by atoms with Crippen molar-refractivity contribution in [1.82, 2.24) is 4.98 Å². The number of carboxylic acids is 1. The van der Waals surface area contributed by atoms with Crippen molar-refractivity contribution >= 4 is 34.5 Å². The first kappa shape index (κ1) is 21.5. The van der Waals surface area contributed by atoms with Crippen molar-refractivity contribution in [2.45, 2.75) is 38.5 Å². The Labute approximate surface area is 183 Å². The molecule has 2 atom stereocenters. The van der Waals surface area contributed by atoms with Gasteiger partial charge >= 0.3 is 5.97 Å². The van der Waals surface area contributed by atoms with Gasteiger partial charge in [-0.2, -0.15) is 0 Å². The summed E-state index contributed by atoms with van der Waals surface area (Å²) in [6.07, 6.45) is 2.17. The molecule has 0 fully saturated rings. The molecule has 4 rings (SSSR count). The number of allylic oxidation sites excluding steroid dienone is 1. The van der Waals surface area contributed by atoms with Gasteiger partial charge in [0.15, 0.2) is 6.04 Å². The highest BCUT2D eigenvalue weighted by atomic mass is 19.1. The molecule has 1 aromatic carbocycles. The highest BCUT2D eigenvalue weighted by Gasteiger charge is 2.38. The molecule has 0 saturated carbocycles. The molecule has 2 aliphatic heterocycles. The van der Waals surface area contributed by atoms with Crippen LogP contribution in [0.15, 0.2) is 48.4 Å². The minimum atomic E-state index is -1.20. The van der Waals surface area contributed by atoms with E-state index in [1.807, 2.05) is 13.8 Å². The van der Waals surface area contributed by atoms with Crippen LogP contribution in [0.4, 0.5) is 15.9 Å². The minimum absolute atomic E-state index is 0.259. The summed E-state index contributed by atoms with van der Waals surface area (Å²) in [5.41, 5.74) is 1.88. The van der Waals surface area contributed by atoms with E-state index < -0.39 is 29.5 Å². The van der Waals surface area contributed by atoms with Crippen LogP contribution in [0.5, 0.6) is 0 Å². The van der Waals surface area contributed by atoms with E-state index in [0.717, 1.165) is 5.57 Å². The number of amides is 1. The number of hydrogen-bond acceptors (Lipinski definition) is 6. The first-order valence-corrected chi connectivity index (χ1v) is 9.97. The van der Waals surface area contributed by atoms with Gasteiger partial charge in [0.2, 0.25) is 0 Å². The maximum Gasteiger partial charge on any atom is 0.328 e. The van der Waals surface area contributed by atoms with Crippen LogP contribution in [0.3, 0.4) is 0 Å². The van der Waals surface area contributed by atoms with Gasteiger partial charge in [-0.05, 0) is 57.2 Å². The van der Waals surface area contributed by atoms with Crippen molar-refractivity contribution in [3.63, 3.8) is 0 Å². The molecule has 9 heteroatoms. The number of aliphatic hydroxyl groups excluding tert-OH is 1. The average Bonchev–Trinajstić information content (AvgIpc) is 3.20. The number of aliphatic carboxylic acids is 1. The van der Waals surface area contributed by atoms with Gasteiger partial charge in [0, 0.05) is 28.6 Å². The van der Waals surface area contributed by atoms with Gasteiger partial charge in [-0.1, -0.05) is 0 Å². The first-order chi connectivity index (χ1) is 15.1. The van der Waals surface area contributed by atoms with Crippen LogP contribution in [-0.4, -0.2) is 44.8 Å². The highest BCUT2D eigenvalue weighted by molar-refractivity contribution is 6.32. The first-order valence-electron chi connectivity index (χ1n) is 9.97. The molecule has 0 aliphatic carbocycles. The number of aliphatic hydroxyl groups is 1. The highest BCUT2D eigenvalue weighted by Crippen LogP contribution is 2.44. The summed E-state index contributed by atoms with van der Waals surface area (Å²) in [6, 6.07) is 6.22. The Morgan fingerprint density at radius 3 is 2.66 bits per heavy atom. The molecule has 1 aromatic heterocycles. The Balaban J connectivity index is 1.68. The second-order valence-electron chi connectivity index (χ2n) is 8.19. The van der Waals surface area contributed by atoms with Gasteiger partial charge in [0.1, 0.15) is 23.0 Å². The fraction of sp³-hybridized carbons (Fsp3) is 0.261. The van der Waals surface area contributed by atoms with Gasteiger partial charge < -0.3 is 25.6 Å². The number of pyridine rings is 1. The Morgan fingerprint density at radius 2 is 2.03 bits per heavy atom. The third-order valence-corrected chi connectivity index (χ3v) is 5.39. The maximum absolute atomic E-state index is 13.8. The Kier molecular flexibility index (Phi) is 5.21. The number of rotatable bonds is 5. The number of nitrogens with zero attached hydrogens (tertiary/aromatic N) is 1. The lowest BCUT2D eigenvalue weighted by molar-refractivity contribution is -0.140. The predicted molar refractivity (Wildman–Crippen MR) is 116 cm³/mol. The van der Waals surface area contributed by atoms with Crippen molar-refractivity contribution in [1.29, 1.82) is 0 Å². The largest absolute Gasteiger partial charge is 0.482 e. The summed E-state index contributed by atoms with van der Waals surface area (Å²) in [5, 5.41) is 24.2. The van der Waals surface area contributed by atoms with Gasteiger partial charge in [0.25, 0.3) is 5.91 Å². The molecular weight excluding hydrogens is 417 g/mol. The molecule has 0 bridgehead atoms. The van der Waals surface area contributed by atoms with E-state index in [0.29, 0.717) is 22.6 Å². The van der Waals surface area contributed by atoms with Crippen molar-refractivity contribution in [3.05, 3.63) is 65.3 Å². The Bertz CT molecular complexity index is 1170. The topological polar surface area (TPSA) is 121 Å². The number of benzene rings is 1. The van der Waals surface area contributed by atoms with Crippen LogP contribution >= 0.6 is 0 Å². The summed E-state index contributed by atoms with van der Waals surface area (Å²) in [4.78, 5) is 28.1. The monoisotopic (exact) mass is 439 g/mol. The smallest absolute Gasteiger partial charge is 0.328 e. The van der Waals surface area contributed by atoms with E-state index in [2.05, 4.69) is 15.6 Å². The minimum Gasteiger partial charge on any atom is -0.482 e. The molecule has 32 heavy (non-hydrogen) atoms. The lowest BCUT2D eigenvalue weighted by atomic mass is 9.93. The number of halogens is 1. The fourth-order valence-electron chi connectivity index (χ4n) is 3.79. The maximum atomic E-state index is 13.8. The predicted octanol–water partition coefficient (Wildman–Crippen LogP) is 3.02. The van der Waals surface area contributed by atoms with E-state index in [-0.39, 0.29) is 17.3 Å². The Hall–Kier alpha value is -3.72. The number of anilines is 2. The van der Waals surface area contributed by atoms with E-state index in [9.17, 15) is 24.2 Å². The molecule has 1 amide bonds. The molecule has 2 aromatic rings. The summed E-state index contributed by atoms with van der Waals surface area (Å²) >= 11 is 0. The zero-order valence-corrected chi connectivity index (χ0v) is 17.6. The molecule has 3 heterocycles. The Morgan fingerprint density at radius 1 is 1.28 bits per heavy atom. The summed E-state index contributed by atoms with van der Waals surface area (Å²) in [5.74, 6) is -1.40. The number of hydrogen-bond donors (Lipinski definition) is 4. The third kappa shape index (κ3) is 3.82. The van der Waals surface area contributed by atoms with Gasteiger partial charge in [0.05, 0.1) is 11.7 Å². The molecule has 4 N–H and O–H groups in total. The molecule has 0 unspecified atom stereocenters. The molecule has 0 radical (unpaired) electrons. The molecule has 0 spiro atoms. The van der Waals surface area contributed by atoms with Crippen LogP contribution in [0.25, 0.3) is 11.1 Å². The summed E-state index contributed by atoms with van der Waals surface area (Å²) < 4.78 is 19.9. The van der Waals surface area contributed by atoms with Crippen molar-refractivity contribution in [2.24, 2.45) is 0 Å². The zero-order valence-electron chi connectivity index (χ0n) is 17.6. The summed E-state index contributed by atoms with van der Waals surface area (Å²) in [7, 11) is 0. The molecule has 2 aliphatic rings. The van der Waals surface area contributed by atoms with E-state index in [4.69, 9.17) is 4.74 Å². The number of nitrogens with one attached hydrogen (secondary N) is 2. The van der Waals surface area contributed by atoms with Crippen LogP contribution in [0.2, 0.25) is 0 Å². The molecular formula is C23H22FN3O5. The average molecular weight is 439 g/mol. The molecule has 166 valence electrons. The van der Waals surface area contributed by atoms with Gasteiger partial charge in [-0.15, -0.1) is 0 Å². The van der Waals surface area contributed by atoms with E-state index in [1.54, 1.807) is 24.4 Å². The lowest BCUT2D eigenvalue weighted by Crippen LogP contribution is -2.39. The van der Waals surface area contributed by atoms with Crippen LogP contribution in [0, 0.1) is 5.82 Å². The number of carboxylic acid groups (broad SMARTS) is 1.